The summed E-state index contributed by atoms with van der Waals surface area (Å²) in [5.41, 5.74) is 2.48. The summed E-state index contributed by atoms with van der Waals surface area (Å²) in [5, 5.41) is 10.5. The highest BCUT2D eigenvalue weighted by atomic mass is 16.5. The van der Waals surface area contributed by atoms with E-state index in [1.165, 1.54) is 5.57 Å². The van der Waals surface area contributed by atoms with Crippen molar-refractivity contribution in [2.75, 3.05) is 18.4 Å². The summed E-state index contributed by atoms with van der Waals surface area (Å²) in [5.74, 6) is 1.84. The lowest BCUT2D eigenvalue weighted by Gasteiger charge is -2.28. The van der Waals surface area contributed by atoms with E-state index >= 15 is 0 Å². The highest BCUT2D eigenvalue weighted by Crippen LogP contribution is 2.23. The number of piperidine rings is 1. The molecule has 0 saturated carbocycles. The Morgan fingerprint density at radius 1 is 1.18 bits per heavy atom. The standard InChI is InChI=1S/C22H28N4O2/c1-16(2)17(3)28-20-7-4-6-19(15-20)14-18-9-12-26(13-10-18)22(27)24-21-8-5-11-23-25-21/h4-8,11,14-17H,9-10,12-13H2,1-3H3,(H,24,25,27). The first-order chi connectivity index (χ1) is 13.5. The van der Waals surface area contributed by atoms with Crippen LogP contribution in [0.1, 0.15) is 39.2 Å². The average Bonchev–Trinajstić information content (AvgIpc) is 2.69. The van der Waals surface area contributed by atoms with Crippen LogP contribution in [-0.2, 0) is 0 Å². The van der Waals surface area contributed by atoms with Gasteiger partial charge >= 0.3 is 6.03 Å². The fourth-order valence-electron chi connectivity index (χ4n) is 2.96. The van der Waals surface area contributed by atoms with E-state index < -0.39 is 0 Å². The number of likely N-dealkylation sites (tertiary alicyclic amines) is 1. The van der Waals surface area contributed by atoms with Crippen LogP contribution in [0, 0.1) is 5.92 Å². The van der Waals surface area contributed by atoms with Crippen molar-refractivity contribution >= 4 is 17.9 Å². The van der Waals surface area contributed by atoms with Gasteiger partial charge in [-0.2, -0.15) is 5.10 Å². The highest BCUT2D eigenvalue weighted by molar-refractivity contribution is 5.88. The number of urea groups is 1. The van der Waals surface area contributed by atoms with Crippen LogP contribution in [0.5, 0.6) is 5.75 Å². The zero-order chi connectivity index (χ0) is 19.9. The second-order valence-corrected chi connectivity index (χ2v) is 7.47. The summed E-state index contributed by atoms with van der Waals surface area (Å²) in [6.45, 7) is 7.80. The normalized spacial score (nSPS) is 15.3. The summed E-state index contributed by atoms with van der Waals surface area (Å²) in [4.78, 5) is 14.2. The van der Waals surface area contributed by atoms with Crippen molar-refractivity contribution in [3.8, 4) is 5.75 Å². The van der Waals surface area contributed by atoms with Gasteiger partial charge in [0.2, 0.25) is 0 Å². The third-order valence-electron chi connectivity index (χ3n) is 4.99. The number of rotatable bonds is 5. The molecule has 1 N–H and O–H groups in total. The molecule has 28 heavy (non-hydrogen) atoms. The van der Waals surface area contributed by atoms with Gasteiger partial charge in [-0.05, 0) is 55.5 Å². The second-order valence-electron chi connectivity index (χ2n) is 7.47. The maximum atomic E-state index is 12.3. The Kier molecular flexibility index (Phi) is 6.63. The van der Waals surface area contributed by atoms with Crippen molar-refractivity contribution in [1.29, 1.82) is 0 Å². The van der Waals surface area contributed by atoms with Crippen molar-refractivity contribution in [2.45, 2.75) is 39.7 Å². The number of benzene rings is 1. The van der Waals surface area contributed by atoms with Crippen molar-refractivity contribution in [2.24, 2.45) is 5.92 Å². The van der Waals surface area contributed by atoms with Crippen LogP contribution in [0.15, 0.2) is 48.2 Å². The van der Waals surface area contributed by atoms with Gasteiger partial charge in [-0.1, -0.05) is 37.6 Å². The van der Waals surface area contributed by atoms with Gasteiger partial charge in [0, 0.05) is 19.3 Å². The molecule has 2 heterocycles. The van der Waals surface area contributed by atoms with Crippen LogP contribution in [0.2, 0.25) is 0 Å². The summed E-state index contributed by atoms with van der Waals surface area (Å²) >= 11 is 0. The first-order valence-electron chi connectivity index (χ1n) is 9.81. The molecular weight excluding hydrogens is 352 g/mol. The molecule has 0 aliphatic carbocycles. The molecule has 0 spiro atoms. The van der Waals surface area contributed by atoms with E-state index in [0.717, 1.165) is 24.2 Å². The zero-order valence-electron chi connectivity index (χ0n) is 16.8. The Bertz CT molecular complexity index is 810. The number of hydrogen-bond acceptors (Lipinski definition) is 4. The number of nitrogens with one attached hydrogen (secondary N) is 1. The third-order valence-corrected chi connectivity index (χ3v) is 4.99. The van der Waals surface area contributed by atoms with Gasteiger partial charge in [0.25, 0.3) is 0 Å². The second kappa shape index (κ2) is 9.35. The van der Waals surface area contributed by atoms with Crippen molar-refractivity contribution in [3.63, 3.8) is 0 Å². The average molecular weight is 380 g/mol. The number of aromatic nitrogens is 2. The van der Waals surface area contributed by atoms with Crippen LogP contribution in [-0.4, -0.2) is 40.3 Å². The lowest BCUT2D eigenvalue weighted by Crippen LogP contribution is -2.39. The number of nitrogens with zero attached hydrogens (tertiary/aromatic N) is 3. The molecule has 148 valence electrons. The van der Waals surface area contributed by atoms with Gasteiger partial charge in [0.1, 0.15) is 5.75 Å². The first-order valence-corrected chi connectivity index (χ1v) is 9.81. The largest absolute Gasteiger partial charge is 0.490 e. The minimum atomic E-state index is -0.127. The monoisotopic (exact) mass is 380 g/mol. The third kappa shape index (κ3) is 5.55. The summed E-state index contributed by atoms with van der Waals surface area (Å²) < 4.78 is 6.01. The molecule has 1 aliphatic rings. The maximum Gasteiger partial charge on any atom is 0.323 e. The Labute approximate surface area is 166 Å². The lowest BCUT2D eigenvalue weighted by atomic mass is 10.0. The molecule has 1 fully saturated rings. The van der Waals surface area contributed by atoms with E-state index in [0.29, 0.717) is 24.8 Å². The Hall–Kier alpha value is -2.89. The predicted molar refractivity (Wildman–Crippen MR) is 111 cm³/mol. The van der Waals surface area contributed by atoms with Crippen molar-refractivity contribution < 1.29 is 9.53 Å². The quantitative estimate of drug-likeness (QED) is 0.822. The number of amides is 2. The summed E-state index contributed by atoms with van der Waals surface area (Å²) in [6, 6.07) is 11.6. The molecule has 2 aromatic rings. The number of carbonyl (C=O) groups excluding carboxylic acids is 1. The molecule has 1 aliphatic heterocycles. The van der Waals surface area contributed by atoms with Crippen LogP contribution in [0.25, 0.3) is 6.08 Å². The minimum absolute atomic E-state index is 0.127. The van der Waals surface area contributed by atoms with Gasteiger partial charge < -0.3 is 9.64 Å². The molecule has 3 rings (SSSR count). The Balaban J connectivity index is 1.56. The molecule has 1 saturated heterocycles. The topological polar surface area (TPSA) is 67.3 Å². The minimum Gasteiger partial charge on any atom is -0.490 e. The molecular formula is C22H28N4O2. The molecule has 1 atom stereocenters. The van der Waals surface area contributed by atoms with Crippen molar-refractivity contribution in [1.82, 2.24) is 15.1 Å². The molecule has 2 amide bonds. The molecule has 1 aromatic heterocycles. The van der Waals surface area contributed by atoms with E-state index in [9.17, 15) is 4.79 Å². The molecule has 0 radical (unpaired) electrons. The van der Waals surface area contributed by atoms with Gasteiger partial charge in [0.05, 0.1) is 6.10 Å². The molecule has 6 nitrogen and oxygen atoms in total. The molecule has 6 heteroatoms. The van der Waals surface area contributed by atoms with Gasteiger partial charge in [-0.25, -0.2) is 4.79 Å². The predicted octanol–water partition coefficient (Wildman–Crippen LogP) is 4.61. The SMILES string of the molecule is CC(C)C(C)Oc1cccc(C=C2CCN(C(=O)Nc3cccnn3)CC2)c1. The highest BCUT2D eigenvalue weighted by Gasteiger charge is 2.19. The van der Waals surface area contributed by atoms with E-state index in [4.69, 9.17) is 4.74 Å². The number of anilines is 1. The summed E-state index contributed by atoms with van der Waals surface area (Å²) in [6.07, 6.45) is 5.70. The summed E-state index contributed by atoms with van der Waals surface area (Å²) in [7, 11) is 0. The van der Waals surface area contributed by atoms with Gasteiger partial charge in [-0.15, -0.1) is 5.10 Å². The molecule has 0 bridgehead atoms. The van der Waals surface area contributed by atoms with E-state index in [1.807, 2.05) is 17.0 Å². The van der Waals surface area contributed by atoms with E-state index in [1.54, 1.807) is 18.3 Å². The van der Waals surface area contributed by atoms with Crippen molar-refractivity contribution in [3.05, 3.63) is 53.7 Å². The van der Waals surface area contributed by atoms with Gasteiger partial charge in [-0.3, -0.25) is 5.32 Å². The molecule has 1 aromatic carbocycles. The number of carbonyl (C=O) groups is 1. The zero-order valence-corrected chi connectivity index (χ0v) is 16.8. The van der Waals surface area contributed by atoms with Crippen LogP contribution < -0.4 is 10.1 Å². The maximum absolute atomic E-state index is 12.3. The van der Waals surface area contributed by atoms with Gasteiger partial charge in [0.15, 0.2) is 5.82 Å². The van der Waals surface area contributed by atoms with Crippen LogP contribution in [0.4, 0.5) is 10.6 Å². The fourth-order valence-corrected chi connectivity index (χ4v) is 2.96. The smallest absolute Gasteiger partial charge is 0.323 e. The number of ether oxygens (including phenoxy) is 1. The van der Waals surface area contributed by atoms with E-state index in [-0.39, 0.29) is 12.1 Å². The lowest BCUT2D eigenvalue weighted by molar-refractivity contribution is 0.170. The fraction of sp³-hybridized carbons (Fsp3) is 0.409. The Morgan fingerprint density at radius 3 is 2.64 bits per heavy atom. The van der Waals surface area contributed by atoms with Crippen LogP contribution >= 0.6 is 0 Å². The molecule has 1 unspecified atom stereocenters. The van der Waals surface area contributed by atoms with E-state index in [2.05, 4.69) is 54.5 Å². The first kappa shape index (κ1) is 19.9. The Morgan fingerprint density at radius 2 is 1.96 bits per heavy atom. The number of hydrogen-bond donors (Lipinski definition) is 1. The van der Waals surface area contributed by atoms with Crippen LogP contribution in [0.3, 0.4) is 0 Å².